The predicted octanol–water partition coefficient (Wildman–Crippen LogP) is 3.29. The molecule has 1 heterocycles. The number of nitrogens with two attached hydrogens (primary N) is 1. The van der Waals surface area contributed by atoms with Crippen molar-refractivity contribution >= 4 is 15.9 Å². The van der Waals surface area contributed by atoms with Gasteiger partial charge in [0.1, 0.15) is 24.2 Å². The molecule has 3 nitrogen and oxygen atoms in total. The molecule has 104 valence electrons. The van der Waals surface area contributed by atoms with Crippen molar-refractivity contribution < 1.29 is 9.47 Å². The van der Waals surface area contributed by atoms with Gasteiger partial charge >= 0.3 is 0 Å². The lowest BCUT2D eigenvalue weighted by atomic mass is 10.1. The molecular weight excluding hydrogens is 318 g/mol. The van der Waals surface area contributed by atoms with Gasteiger partial charge in [0, 0.05) is 17.4 Å². The molecule has 3 rings (SSSR count). The number of ether oxygens (including phenoxy) is 2. The van der Waals surface area contributed by atoms with E-state index in [4.69, 9.17) is 15.2 Å². The van der Waals surface area contributed by atoms with Crippen molar-refractivity contribution in [3.8, 4) is 11.5 Å². The topological polar surface area (TPSA) is 44.5 Å². The molecule has 0 spiro atoms. The average molecular weight is 334 g/mol. The van der Waals surface area contributed by atoms with Crippen LogP contribution in [0, 0.1) is 0 Å². The van der Waals surface area contributed by atoms with Crippen LogP contribution in [0.1, 0.15) is 11.1 Å². The average Bonchev–Trinajstić information content (AvgIpc) is 2.87. The molecule has 0 bridgehead atoms. The summed E-state index contributed by atoms with van der Waals surface area (Å²) in [5.74, 6) is 1.81. The lowest BCUT2D eigenvalue weighted by Crippen LogP contribution is -2.22. The molecular formula is C16H16BrNO2. The van der Waals surface area contributed by atoms with Crippen LogP contribution < -0.4 is 15.2 Å². The zero-order chi connectivity index (χ0) is 13.9. The van der Waals surface area contributed by atoms with Crippen LogP contribution >= 0.6 is 15.9 Å². The summed E-state index contributed by atoms with van der Waals surface area (Å²) >= 11 is 3.48. The summed E-state index contributed by atoms with van der Waals surface area (Å²) in [5.41, 5.74) is 7.90. The van der Waals surface area contributed by atoms with E-state index in [0.29, 0.717) is 13.2 Å². The molecule has 0 amide bonds. The van der Waals surface area contributed by atoms with E-state index in [1.807, 2.05) is 36.4 Å². The maximum Gasteiger partial charge on any atom is 0.137 e. The molecule has 1 unspecified atom stereocenters. The quantitative estimate of drug-likeness (QED) is 0.933. The highest BCUT2D eigenvalue weighted by Gasteiger charge is 2.23. The number of rotatable bonds is 4. The minimum absolute atomic E-state index is 0.0773. The van der Waals surface area contributed by atoms with E-state index in [1.165, 1.54) is 5.56 Å². The largest absolute Gasteiger partial charge is 0.490 e. The van der Waals surface area contributed by atoms with Gasteiger partial charge in [-0.3, -0.25) is 0 Å². The second-order valence-electron chi connectivity index (χ2n) is 4.86. The van der Waals surface area contributed by atoms with Crippen LogP contribution in [-0.2, 0) is 13.0 Å². The second kappa shape index (κ2) is 5.85. The van der Waals surface area contributed by atoms with Gasteiger partial charge in [0.15, 0.2) is 0 Å². The van der Waals surface area contributed by atoms with Crippen molar-refractivity contribution in [2.24, 2.45) is 5.73 Å². The Morgan fingerprint density at radius 1 is 1.20 bits per heavy atom. The van der Waals surface area contributed by atoms with Crippen molar-refractivity contribution in [2.75, 3.05) is 6.61 Å². The summed E-state index contributed by atoms with van der Waals surface area (Å²) in [6.45, 7) is 1.10. The van der Waals surface area contributed by atoms with E-state index in [9.17, 15) is 0 Å². The third-order valence-electron chi connectivity index (χ3n) is 3.36. The van der Waals surface area contributed by atoms with Crippen LogP contribution in [-0.4, -0.2) is 12.7 Å². The zero-order valence-corrected chi connectivity index (χ0v) is 12.6. The van der Waals surface area contributed by atoms with E-state index in [1.54, 1.807) is 0 Å². The standard InChI is InChI=1S/C16H16BrNO2/c17-13-3-6-16-12(7-13)8-15(20-16)10-19-14-4-1-11(9-18)2-5-14/h1-7,15H,8-10,18H2. The van der Waals surface area contributed by atoms with Crippen LogP contribution in [0.3, 0.4) is 0 Å². The van der Waals surface area contributed by atoms with E-state index < -0.39 is 0 Å². The van der Waals surface area contributed by atoms with Gasteiger partial charge in [-0.2, -0.15) is 0 Å². The SMILES string of the molecule is NCc1ccc(OCC2Cc3cc(Br)ccc3O2)cc1. The molecule has 4 heteroatoms. The van der Waals surface area contributed by atoms with Crippen LogP contribution in [0.5, 0.6) is 11.5 Å². The fraction of sp³-hybridized carbons (Fsp3) is 0.250. The fourth-order valence-electron chi connectivity index (χ4n) is 2.29. The number of halogens is 1. The van der Waals surface area contributed by atoms with Crippen molar-refractivity contribution in [2.45, 2.75) is 19.1 Å². The normalized spacial score (nSPS) is 16.6. The van der Waals surface area contributed by atoms with E-state index >= 15 is 0 Å². The molecule has 0 aromatic heterocycles. The predicted molar refractivity (Wildman–Crippen MR) is 82.1 cm³/mol. The van der Waals surface area contributed by atoms with Crippen LogP contribution in [0.25, 0.3) is 0 Å². The Hall–Kier alpha value is -1.52. The number of hydrogen-bond acceptors (Lipinski definition) is 3. The second-order valence-corrected chi connectivity index (χ2v) is 5.77. The van der Waals surface area contributed by atoms with Crippen molar-refractivity contribution in [1.29, 1.82) is 0 Å². The maximum atomic E-state index is 5.86. The highest BCUT2D eigenvalue weighted by Crippen LogP contribution is 2.31. The highest BCUT2D eigenvalue weighted by molar-refractivity contribution is 9.10. The molecule has 0 saturated carbocycles. The Kier molecular flexibility index (Phi) is 3.94. The first kappa shape index (κ1) is 13.5. The Labute approximate surface area is 126 Å². The van der Waals surface area contributed by atoms with E-state index in [-0.39, 0.29) is 6.10 Å². The van der Waals surface area contributed by atoms with Gasteiger partial charge in [0.2, 0.25) is 0 Å². The maximum absolute atomic E-state index is 5.86. The monoisotopic (exact) mass is 333 g/mol. The lowest BCUT2D eigenvalue weighted by Gasteiger charge is -2.12. The summed E-state index contributed by atoms with van der Waals surface area (Å²) in [5, 5.41) is 0. The summed E-state index contributed by atoms with van der Waals surface area (Å²) in [6.07, 6.45) is 0.962. The molecule has 0 saturated heterocycles. The molecule has 1 aliphatic heterocycles. The molecule has 20 heavy (non-hydrogen) atoms. The first-order valence-electron chi connectivity index (χ1n) is 6.61. The molecule has 0 fully saturated rings. The minimum Gasteiger partial charge on any atom is -0.490 e. The van der Waals surface area contributed by atoms with Crippen LogP contribution in [0.15, 0.2) is 46.9 Å². The van der Waals surface area contributed by atoms with Gasteiger partial charge in [0.05, 0.1) is 0 Å². The van der Waals surface area contributed by atoms with E-state index in [0.717, 1.165) is 28.0 Å². The van der Waals surface area contributed by atoms with E-state index in [2.05, 4.69) is 22.0 Å². The third-order valence-corrected chi connectivity index (χ3v) is 3.85. The molecule has 1 atom stereocenters. The molecule has 2 aromatic carbocycles. The molecule has 0 aliphatic carbocycles. The summed E-state index contributed by atoms with van der Waals surface area (Å²) in [6, 6.07) is 13.9. The summed E-state index contributed by atoms with van der Waals surface area (Å²) < 4.78 is 12.7. The van der Waals surface area contributed by atoms with Gasteiger partial charge in [-0.1, -0.05) is 28.1 Å². The van der Waals surface area contributed by atoms with Gasteiger partial charge in [-0.25, -0.2) is 0 Å². The van der Waals surface area contributed by atoms with Gasteiger partial charge in [0.25, 0.3) is 0 Å². The Bertz CT molecular complexity index is 598. The summed E-state index contributed by atoms with van der Waals surface area (Å²) in [4.78, 5) is 0. The molecule has 2 N–H and O–H groups in total. The van der Waals surface area contributed by atoms with Crippen molar-refractivity contribution in [3.63, 3.8) is 0 Å². The van der Waals surface area contributed by atoms with Crippen molar-refractivity contribution in [1.82, 2.24) is 0 Å². The molecule has 0 radical (unpaired) electrons. The lowest BCUT2D eigenvalue weighted by molar-refractivity contribution is 0.148. The van der Waals surface area contributed by atoms with Crippen LogP contribution in [0.2, 0.25) is 0 Å². The first-order chi connectivity index (χ1) is 9.74. The number of hydrogen-bond donors (Lipinski definition) is 1. The highest BCUT2D eigenvalue weighted by atomic mass is 79.9. The van der Waals surface area contributed by atoms with Gasteiger partial charge < -0.3 is 15.2 Å². The Morgan fingerprint density at radius 3 is 2.75 bits per heavy atom. The van der Waals surface area contributed by atoms with Gasteiger partial charge in [-0.15, -0.1) is 0 Å². The van der Waals surface area contributed by atoms with Crippen molar-refractivity contribution in [3.05, 3.63) is 58.1 Å². The number of fused-ring (bicyclic) bond motifs is 1. The third kappa shape index (κ3) is 2.97. The Morgan fingerprint density at radius 2 is 2.00 bits per heavy atom. The Balaban J connectivity index is 1.58. The van der Waals surface area contributed by atoms with Gasteiger partial charge in [-0.05, 0) is 41.5 Å². The minimum atomic E-state index is 0.0773. The number of benzene rings is 2. The zero-order valence-electron chi connectivity index (χ0n) is 11.0. The summed E-state index contributed by atoms with van der Waals surface area (Å²) in [7, 11) is 0. The first-order valence-corrected chi connectivity index (χ1v) is 7.41. The molecule has 1 aliphatic rings. The fourth-order valence-corrected chi connectivity index (χ4v) is 2.70. The smallest absolute Gasteiger partial charge is 0.137 e. The molecule has 2 aromatic rings. The van der Waals surface area contributed by atoms with Crippen LogP contribution in [0.4, 0.5) is 0 Å².